The first-order chi connectivity index (χ1) is 16.1. The van der Waals surface area contributed by atoms with Gasteiger partial charge in [-0.3, -0.25) is 10.1 Å². The van der Waals surface area contributed by atoms with E-state index in [9.17, 15) is 10.1 Å². The van der Waals surface area contributed by atoms with Crippen LogP contribution in [0.25, 0.3) is 11.3 Å². The van der Waals surface area contributed by atoms with Crippen molar-refractivity contribution in [1.82, 2.24) is 5.32 Å². The van der Waals surface area contributed by atoms with Crippen molar-refractivity contribution in [3.63, 3.8) is 0 Å². The number of anilines is 1. The molecular formula is C26H26ClN3O2S2. The molecule has 1 aliphatic carbocycles. The van der Waals surface area contributed by atoms with E-state index >= 15 is 0 Å². The number of nitrogens with one attached hydrogen (secondary N) is 2. The van der Waals surface area contributed by atoms with Crippen LogP contribution < -0.4 is 10.6 Å². The van der Waals surface area contributed by atoms with Crippen LogP contribution in [0.15, 0.2) is 34.7 Å². The average molecular weight is 512 g/mol. The van der Waals surface area contributed by atoms with Gasteiger partial charge in [0, 0.05) is 15.5 Å². The van der Waals surface area contributed by atoms with Gasteiger partial charge >= 0.3 is 0 Å². The first-order valence-electron chi connectivity index (χ1n) is 11.1. The number of amides is 1. The zero-order valence-electron chi connectivity index (χ0n) is 19.5. The second-order valence-corrected chi connectivity index (χ2v) is 11.6. The highest BCUT2D eigenvalue weighted by Gasteiger charge is 2.32. The Morgan fingerprint density at radius 1 is 1.29 bits per heavy atom. The van der Waals surface area contributed by atoms with Gasteiger partial charge < -0.3 is 9.73 Å². The molecular weight excluding hydrogens is 486 g/mol. The lowest BCUT2D eigenvalue weighted by atomic mass is 9.72. The molecule has 4 rings (SSSR count). The number of fused-ring (bicyclic) bond motifs is 1. The Labute approximate surface area is 214 Å². The van der Waals surface area contributed by atoms with E-state index in [-0.39, 0.29) is 16.3 Å². The smallest absolute Gasteiger partial charge is 0.293 e. The number of thiocarbonyl (C=S) groups is 1. The van der Waals surface area contributed by atoms with Crippen LogP contribution in [0.3, 0.4) is 0 Å². The minimum Gasteiger partial charge on any atom is -0.451 e. The maximum atomic E-state index is 12.7. The molecule has 0 spiro atoms. The van der Waals surface area contributed by atoms with Crippen LogP contribution in [0.2, 0.25) is 5.02 Å². The zero-order valence-corrected chi connectivity index (χ0v) is 21.9. The van der Waals surface area contributed by atoms with Crippen LogP contribution in [0.1, 0.15) is 59.3 Å². The number of rotatable bonds is 3. The van der Waals surface area contributed by atoms with E-state index in [1.165, 1.54) is 4.88 Å². The van der Waals surface area contributed by atoms with Crippen molar-refractivity contribution in [3.05, 3.63) is 62.7 Å². The summed E-state index contributed by atoms with van der Waals surface area (Å²) in [5, 5.41) is 16.9. The van der Waals surface area contributed by atoms with Crippen LogP contribution in [-0.4, -0.2) is 11.0 Å². The van der Waals surface area contributed by atoms with Crippen LogP contribution in [-0.2, 0) is 12.8 Å². The van der Waals surface area contributed by atoms with E-state index < -0.39 is 5.91 Å². The van der Waals surface area contributed by atoms with E-state index in [4.69, 9.17) is 28.2 Å². The monoisotopic (exact) mass is 511 g/mol. The van der Waals surface area contributed by atoms with Gasteiger partial charge in [-0.25, -0.2) is 0 Å². The fourth-order valence-electron chi connectivity index (χ4n) is 4.19. The summed E-state index contributed by atoms with van der Waals surface area (Å²) in [6.07, 6.45) is 2.91. The van der Waals surface area contributed by atoms with Crippen LogP contribution in [0, 0.1) is 29.6 Å². The van der Waals surface area contributed by atoms with Gasteiger partial charge in [-0.05, 0) is 79.1 Å². The predicted molar refractivity (Wildman–Crippen MR) is 142 cm³/mol. The predicted octanol–water partition coefficient (Wildman–Crippen LogP) is 7.12. The summed E-state index contributed by atoms with van der Waals surface area (Å²) >= 11 is 13.1. The molecule has 8 heteroatoms. The lowest BCUT2D eigenvalue weighted by Gasteiger charge is -2.33. The van der Waals surface area contributed by atoms with E-state index in [1.807, 2.05) is 19.1 Å². The molecule has 2 N–H and O–H groups in total. The van der Waals surface area contributed by atoms with Gasteiger partial charge in [0.2, 0.25) is 0 Å². The number of hydrogen-bond acceptors (Lipinski definition) is 5. The normalized spacial score (nSPS) is 15.4. The van der Waals surface area contributed by atoms with Crippen molar-refractivity contribution < 1.29 is 9.21 Å². The minimum atomic E-state index is -0.463. The van der Waals surface area contributed by atoms with Gasteiger partial charge in [0.15, 0.2) is 10.9 Å². The summed E-state index contributed by atoms with van der Waals surface area (Å²) in [6.45, 7) is 8.71. The molecule has 1 aromatic carbocycles. The van der Waals surface area contributed by atoms with Crippen LogP contribution >= 0.6 is 35.2 Å². The molecule has 1 atom stereocenters. The van der Waals surface area contributed by atoms with Gasteiger partial charge in [-0.2, -0.15) is 5.26 Å². The van der Waals surface area contributed by atoms with Crippen LogP contribution in [0.4, 0.5) is 5.00 Å². The fraction of sp³-hybridized carbons (Fsp3) is 0.346. The maximum Gasteiger partial charge on any atom is 0.293 e. The molecule has 1 amide bonds. The Bertz CT molecular complexity index is 1310. The second kappa shape index (κ2) is 9.53. The third-order valence-corrected chi connectivity index (χ3v) is 8.12. The Hall–Kier alpha value is -2.66. The van der Waals surface area contributed by atoms with Crippen molar-refractivity contribution >= 4 is 51.2 Å². The number of nitriles is 1. The largest absolute Gasteiger partial charge is 0.451 e. The molecule has 0 saturated carbocycles. The highest BCUT2D eigenvalue weighted by Crippen LogP contribution is 2.44. The topological polar surface area (TPSA) is 78.1 Å². The molecule has 5 nitrogen and oxygen atoms in total. The third kappa shape index (κ3) is 5.05. The molecule has 2 aromatic heterocycles. The molecule has 0 aliphatic heterocycles. The number of carbonyl (C=O) groups excluding carboxylic acids is 1. The highest BCUT2D eigenvalue weighted by molar-refractivity contribution is 7.80. The van der Waals surface area contributed by atoms with E-state index in [1.54, 1.807) is 29.5 Å². The third-order valence-electron chi connectivity index (χ3n) is 6.34. The van der Waals surface area contributed by atoms with E-state index in [0.29, 0.717) is 27.3 Å². The quantitative estimate of drug-likeness (QED) is 0.366. The van der Waals surface area contributed by atoms with Crippen molar-refractivity contribution in [2.24, 2.45) is 11.3 Å². The maximum absolute atomic E-state index is 12.7. The molecule has 176 valence electrons. The summed E-state index contributed by atoms with van der Waals surface area (Å²) in [7, 11) is 0. The number of halogens is 1. The minimum absolute atomic E-state index is 0.129. The molecule has 2 heterocycles. The molecule has 1 unspecified atom stereocenters. The number of thiophene rings is 1. The van der Waals surface area contributed by atoms with Gasteiger partial charge in [-0.15, -0.1) is 11.3 Å². The summed E-state index contributed by atoms with van der Waals surface area (Å²) in [4.78, 5) is 13.9. The Morgan fingerprint density at radius 2 is 2.06 bits per heavy atom. The molecule has 1 aliphatic rings. The van der Waals surface area contributed by atoms with Gasteiger partial charge in [0.05, 0.1) is 5.56 Å². The number of benzene rings is 1. The Balaban J connectivity index is 1.45. The van der Waals surface area contributed by atoms with Crippen molar-refractivity contribution in [2.45, 2.75) is 47.0 Å². The molecule has 0 saturated heterocycles. The molecule has 0 radical (unpaired) electrons. The van der Waals surface area contributed by atoms with Gasteiger partial charge in [0.1, 0.15) is 16.8 Å². The number of hydrogen-bond donors (Lipinski definition) is 2. The number of nitrogens with zero attached hydrogens (tertiary/aromatic N) is 1. The Morgan fingerprint density at radius 3 is 2.74 bits per heavy atom. The van der Waals surface area contributed by atoms with Gasteiger partial charge in [0.25, 0.3) is 5.91 Å². The fourth-order valence-corrected chi connectivity index (χ4v) is 5.91. The highest BCUT2D eigenvalue weighted by atomic mass is 35.5. The number of carbonyl (C=O) groups is 1. The average Bonchev–Trinajstić information content (AvgIpc) is 3.39. The first kappa shape index (κ1) is 24.5. The van der Waals surface area contributed by atoms with Gasteiger partial charge in [-0.1, -0.05) is 44.5 Å². The Kier molecular flexibility index (Phi) is 6.86. The summed E-state index contributed by atoms with van der Waals surface area (Å²) in [6, 6.07) is 11.2. The van der Waals surface area contributed by atoms with Crippen LogP contribution in [0.5, 0.6) is 0 Å². The summed E-state index contributed by atoms with van der Waals surface area (Å²) in [5.41, 5.74) is 3.70. The van der Waals surface area contributed by atoms with E-state index in [2.05, 4.69) is 37.5 Å². The summed E-state index contributed by atoms with van der Waals surface area (Å²) in [5.74, 6) is 0.780. The molecule has 34 heavy (non-hydrogen) atoms. The second-order valence-electron chi connectivity index (χ2n) is 9.66. The van der Waals surface area contributed by atoms with Crippen molar-refractivity contribution in [3.8, 4) is 17.4 Å². The SMILES string of the molecule is Cc1ccc(-c2ccc(C(=O)NC(=S)Nc3sc4c(c3C#N)CCC(C(C)(C)C)C4)o2)cc1Cl. The van der Waals surface area contributed by atoms with Crippen molar-refractivity contribution in [2.75, 3.05) is 5.32 Å². The zero-order chi connectivity index (χ0) is 24.6. The standard InChI is InChI=1S/C26H26ClN3O2S2/c1-14-5-6-15(11-19(14)27)20-9-10-21(32-20)23(31)29-25(33)30-24-18(13-28)17-8-7-16(26(2,3)4)12-22(17)34-24/h5-6,9-11,16H,7-8,12H2,1-4H3,(H2,29,30,31,33). The first-order valence-corrected chi connectivity index (χ1v) is 12.7. The van der Waals surface area contributed by atoms with Crippen molar-refractivity contribution in [1.29, 1.82) is 5.26 Å². The molecule has 0 fully saturated rings. The molecule has 3 aromatic rings. The molecule has 0 bridgehead atoms. The number of aryl methyl sites for hydroxylation is 1. The number of furan rings is 1. The summed E-state index contributed by atoms with van der Waals surface area (Å²) < 4.78 is 5.72. The lowest BCUT2D eigenvalue weighted by molar-refractivity contribution is 0.0951. The van der Waals surface area contributed by atoms with E-state index in [0.717, 1.165) is 36.0 Å². The lowest BCUT2D eigenvalue weighted by Crippen LogP contribution is -2.33.